The van der Waals surface area contributed by atoms with Crippen LogP contribution in [0.15, 0.2) is 18.2 Å². The second-order valence-corrected chi connectivity index (χ2v) is 5.77. The van der Waals surface area contributed by atoms with Crippen molar-refractivity contribution in [2.75, 3.05) is 6.54 Å². The van der Waals surface area contributed by atoms with Crippen LogP contribution >= 0.6 is 11.6 Å². The maximum absolute atomic E-state index is 12.5. The number of carbonyl (C=O) groups excluding carboxylic acids is 1. The highest BCUT2D eigenvalue weighted by molar-refractivity contribution is 6.30. The molecule has 1 atom stereocenters. The van der Waals surface area contributed by atoms with E-state index in [1.165, 1.54) is 0 Å². The number of carbonyl (C=O) groups is 2. The number of carboxylic acid groups (broad SMARTS) is 1. The van der Waals surface area contributed by atoms with Gasteiger partial charge in [-0.2, -0.15) is 0 Å². The van der Waals surface area contributed by atoms with Gasteiger partial charge in [-0.3, -0.25) is 9.59 Å². The van der Waals surface area contributed by atoms with Crippen molar-refractivity contribution >= 4 is 23.5 Å². The molecule has 21 heavy (non-hydrogen) atoms. The van der Waals surface area contributed by atoms with E-state index >= 15 is 0 Å². The molecule has 0 fully saturated rings. The van der Waals surface area contributed by atoms with E-state index in [2.05, 4.69) is 0 Å². The first-order chi connectivity index (χ1) is 9.88. The minimum atomic E-state index is -0.921. The Balaban J connectivity index is 2.07. The van der Waals surface area contributed by atoms with Crippen LogP contribution in [0, 0.1) is 0 Å². The number of ether oxygens (including phenoxy) is 1. The Morgan fingerprint density at radius 2 is 2.19 bits per heavy atom. The van der Waals surface area contributed by atoms with Gasteiger partial charge in [-0.15, -0.1) is 0 Å². The summed E-state index contributed by atoms with van der Waals surface area (Å²) < 4.78 is 5.66. The quantitative estimate of drug-likeness (QED) is 0.906. The topological polar surface area (TPSA) is 66.8 Å². The van der Waals surface area contributed by atoms with Gasteiger partial charge in [0.2, 0.25) is 0 Å². The lowest BCUT2D eigenvalue weighted by Gasteiger charge is -2.28. The molecule has 1 aromatic rings. The summed E-state index contributed by atoms with van der Waals surface area (Å²) in [6.45, 7) is 3.90. The molecule has 1 amide bonds. The van der Waals surface area contributed by atoms with Gasteiger partial charge < -0.3 is 14.7 Å². The third-order valence-corrected chi connectivity index (χ3v) is 3.68. The molecule has 0 saturated carbocycles. The Morgan fingerprint density at radius 1 is 1.48 bits per heavy atom. The number of nitrogens with zero attached hydrogens (tertiary/aromatic N) is 1. The first-order valence-electron chi connectivity index (χ1n) is 6.86. The molecule has 1 heterocycles. The van der Waals surface area contributed by atoms with E-state index in [1.54, 1.807) is 23.1 Å². The Kier molecular flexibility index (Phi) is 4.73. The molecule has 0 aliphatic carbocycles. The molecule has 1 aliphatic heterocycles. The third kappa shape index (κ3) is 3.67. The van der Waals surface area contributed by atoms with E-state index in [9.17, 15) is 9.59 Å². The Morgan fingerprint density at radius 3 is 2.81 bits per heavy atom. The van der Waals surface area contributed by atoms with E-state index < -0.39 is 12.1 Å². The summed E-state index contributed by atoms with van der Waals surface area (Å²) >= 11 is 5.93. The summed E-state index contributed by atoms with van der Waals surface area (Å²) in [5.74, 6) is -0.436. The van der Waals surface area contributed by atoms with Gasteiger partial charge in [0.15, 0.2) is 6.10 Å². The van der Waals surface area contributed by atoms with Crippen molar-refractivity contribution in [2.24, 2.45) is 0 Å². The average Bonchev–Trinajstić information content (AvgIpc) is 2.80. The molecule has 6 heteroatoms. The maximum Gasteiger partial charge on any atom is 0.305 e. The van der Waals surface area contributed by atoms with Crippen LogP contribution in [0.5, 0.6) is 5.75 Å². The zero-order chi connectivity index (χ0) is 15.6. The van der Waals surface area contributed by atoms with Gasteiger partial charge in [0.25, 0.3) is 5.91 Å². The predicted octanol–water partition coefficient (Wildman–Crippen LogP) is 2.36. The highest BCUT2D eigenvalue weighted by Gasteiger charge is 2.33. The van der Waals surface area contributed by atoms with Crippen LogP contribution in [0.3, 0.4) is 0 Å². The average molecular weight is 312 g/mol. The number of hydrogen-bond donors (Lipinski definition) is 1. The normalized spacial score (nSPS) is 16.5. The van der Waals surface area contributed by atoms with E-state index in [1.807, 2.05) is 13.8 Å². The number of hydrogen-bond acceptors (Lipinski definition) is 3. The Bertz CT molecular complexity index is 559. The van der Waals surface area contributed by atoms with Crippen LogP contribution in [0.4, 0.5) is 0 Å². The molecule has 5 nitrogen and oxygen atoms in total. The summed E-state index contributed by atoms with van der Waals surface area (Å²) in [6, 6.07) is 5.19. The van der Waals surface area contributed by atoms with Crippen LogP contribution < -0.4 is 4.74 Å². The fourth-order valence-corrected chi connectivity index (χ4v) is 2.57. The first-order valence-corrected chi connectivity index (χ1v) is 7.23. The summed E-state index contributed by atoms with van der Waals surface area (Å²) in [5, 5.41) is 9.39. The highest BCUT2D eigenvalue weighted by Crippen LogP contribution is 2.31. The van der Waals surface area contributed by atoms with Crippen molar-refractivity contribution in [3.8, 4) is 5.75 Å². The molecule has 2 rings (SSSR count). The fourth-order valence-electron chi connectivity index (χ4n) is 2.38. The minimum Gasteiger partial charge on any atom is -0.481 e. The summed E-state index contributed by atoms with van der Waals surface area (Å²) in [6.07, 6.45) is -0.213. The lowest BCUT2D eigenvalue weighted by molar-refractivity contribution is -0.142. The lowest BCUT2D eigenvalue weighted by Crippen LogP contribution is -2.45. The van der Waals surface area contributed by atoms with Gasteiger partial charge in [-0.05, 0) is 37.6 Å². The molecular weight excluding hydrogens is 294 g/mol. The van der Waals surface area contributed by atoms with E-state index in [4.69, 9.17) is 21.4 Å². The Labute approximate surface area is 128 Å². The zero-order valence-corrected chi connectivity index (χ0v) is 12.8. The van der Waals surface area contributed by atoms with Crippen LogP contribution in [0.2, 0.25) is 5.02 Å². The first kappa shape index (κ1) is 15.6. The van der Waals surface area contributed by atoms with Gasteiger partial charge in [0.1, 0.15) is 5.75 Å². The molecule has 1 aromatic carbocycles. The predicted molar refractivity (Wildman–Crippen MR) is 78.7 cm³/mol. The van der Waals surface area contributed by atoms with Gasteiger partial charge in [-0.1, -0.05) is 11.6 Å². The van der Waals surface area contributed by atoms with Gasteiger partial charge in [0, 0.05) is 24.0 Å². The highest BCUT2D eigenvalue weighted by atomic mass is 35.5. The van der Waals surface area contributed by atoms with Crippen molar-refractivity contribution in [1.82, 2.24) is 4.90 Å². The Hall–Kier alpha value is -1.75. The third-order valence-electron chi connectivity index (χ3n) is 3.45. The number of amides is 1. The van der Waals surface area contributed by atoms with Crippen LogP contribution in [-0.4, -0.2) is 40.6 Å². The molecule has 114 valence electrons. The van der Waals surface area contributed by atoms with E-state index in [0.29, 0.717) is 17.2 Å². The summed E-state index contributed by atoms with van der Waals surface area (Å²) in [4.78, 5) is 24.8. The molecule has 0 aromatic heterocycles. The molecule has 1 N–H and O–H groups in total. The molecule has 0 bridgehead atoms. The van der Waals surface area contributed by atoms with Gasteiger partial charge in [0.05, 0.1) is 6.42 Å². The van der Waals surface area contributed by atoms with Crippen molar-refractivity contribution in [2.45, 2.75) is 38.8 Å². The SMILES string of the molecule is CC(C)N(CCC(=O)O)C(=O)C1Cc2cc(Cl)ccc2O1. The minimum absolute atomic E-state index is 0.0740. The largest absolute Gasteiger partial charge is 0.481 e. The molecule has 0 spiro atoms. The van der Waals surface area contributed by atoms with Crippen molar-refractivity contribution < 1.29 is 19.4 Å². The van der Waals surface area contributed by atoms with E-state index in [0.717, 1.165) is 5.56 Å². The van der Waals surface area contributed by atoms with Crippen LogP contribution in [0.25, 0.3) is 0 Å². The second-order valence-electron chi connectivity index (χ2n) is 5.33. The number of rotatable bonds is 5. The van der Waals surface area contributed by atoms with Gasteiger partial charge in [-0.25, -0.2) is 0 Å². The lowest BCUT2D eigenvalue weighted by atomic mass is 10.1. The fraction of sp³-hybridized carbons (Fsp3) is 0.467. The van der Waals surface area contributed by atoms with Crippen molar-refractivity contribution in [1.29, 1.82) is 0 Å². The number of halogens is 1. The molecule has 0 radical (unpaired) electrons. The smallest absolute Gasteiger partial charge is 0.305 e. The zero-order valence-electron chi connectivity index (χ0n) is 12.0. The van der Waals surface area contributed by atoms with E-state index in [-0.39, 0.29) is 24.9 Å². The number of aliphatic carboxylic acids is 1. The maximum atomic E-state index is 12.5. The summed E-state index contributed by atoms with van der Waals surface area (Å²) in [5.41, 5.74) is 0.905. The monoisotopic (exact) mass is 311 g/mol. The van der Waals surface area contributed by atoms with Crippen molar-refractivity contribution in [3.63, 3.8) is 0 Å². The molecular formula is C15H18ClNO4. The number of benzene rings is 1. The summed E-state index contributed by atoms with van der Waals surface area (Å²) in [7, 11) is 0. The second kappa shape index (κ2) is 6.35. The standard InChI is InChI=1S/C15H18ClNO4/c1-9(2)17(6-5-14(18)19)15(20)13-8-10-7-11(16)3-4-12(10)21-13/h3-4,7,9,13H,5-6,8H2,1-2H3,(H,18,19). The van der Waals surface area contributed by atoms with Gasteiger partial charge >= 0.3 is 5.97 Å². The number of carboxylic acids is 1. The molecule has 0 saturated heterocycles. The molecule has 1 aliphatic rings. The van der Waals surface area contributed by atoms with Crippen LogP contribution in [-0.2, 0) is 16.0 Å². The van der Waals surface area contributed by atoms with Crippen molar-refractivity contribution in [3.05, 3.63) is 28.8 Å². The van der Waals surface area contributed by atoms with Crippen LogP contribution in [0.1, 0.15) is 25.8 Å². The number of fused-ring (bicyclic) bond motifs is 1. The molecule has 1 unspecified atom stereocenters.